The van der Waals surface area contributed by atoms with Gasteiger partial charge in [-0.15, -0.1) is 0 Å². The van der Waals surface area contributed by atoms with Crippen molar-refractivity contribution in [3.8, 4) is 0 Å². The average Bonchev–Trinajstić information content (AvgIpc) is 2.39. The van der Waals surface area contributed by atoms with E-state index >= 15 is 0 Å². The van der Waals surface area contributed by atoms with Gasteiger partial charge in [0.15, 0.2) is 0 Å². The first-order valence-electron chi connectivity index (χ1n) is 6.25. The van der Waals surface area contributed by atoms with Crippen molar-refractivity contribution in [3.63, 3.8) is 0 Å². The quantitative estimate of drug-likeness (QED) is 0.845. The van der Waals surface area contributed by atoms with E-state index < -0.39 is 24.0 Å². The Bertz CT molecular complexity index is 428. The Morgan fingerprint density at radius 3 is 2.58 bits per heavy atom. The van der Waals surface area contributed by atoms with Gasteiger partial charge < -0.3 is 4.74 Å². The molecule has 2 nitrogen and oxygen atoms in total. The molecular weight excluding hydrogens is 257 g/mol. The molecule has 5 heteroatoms. The van der Waals surface area contributed by atoms with Gasteiger partial charge in [-0.3, -0.25) is 4.79 Å². The summed E-state index contributed by atoms with van der Waals surface area (Å²) in [6, 6.07) is 9.13. The van der Waals surface area contributed by atoms with Crippen LogP contribution < -0.4 is 0 Å². The van der Waals surface area contributed by atoms with Crippen molar-refractivity contribution in [2.24, 2.45) is 5.92 Å². The largest absolute Gasteiger partial charge is 0.450 e. The number of ketones is 1. The first kappa shape index (κ1) is 14.1. The Labute approximate surface area is 109 Å². The molecule has 0 saturated carbocycles. The second-order valence-electron chi connectivity index (χ2n) is 4.71. The van der Waals surface area contributed by atoms with Crippen molar-refractivity contribution in [1.82, 2.24) is 0 Å². The van der Waals surface area contributed by atoms with Crippen molar-refractivity contribution >= 4 is 5.78 Å². The third-order valence-corrected chi connectivity index (χ3v) is 3.34. The monoisotopic (exact) mass is 272 g/mol. The SMILES string of the molecule is O=C([C@@H]1CCCO[C@@H]1Cc1ccccc1)C(F)(F)F. The molecule has 1 aliphatic heterocycles. The Hall–Kier alpha value is -1.36. The van der Waals surface area contributed by atoms with Crippen LogP contribution in [-0.4, -0.2) is 24.7 Å². The van der Waals surface area contributed by atoms with Gasteiger partial charge in [-0.1, -0.05) is 30.3 Å². The number of alkyl halides is 3. The summed E-state index contributed by atoms with van der Waals surface area (Å²) in [6.45, 7) is 0.416. The van der Waals surface area contributed by atoms with Gasteiger partial charge in [0.05, 0.1) is 12.0 Å². The lowest BCUT2D eigenvalue weighted by Gasteiger charge is -2.31. The van der Waals surface area contributed by atoms with E-state index in [-0.39, 0.29) is 6.42 Å². The molecule has 2 rings (SSSR count). The van der Waals surface area contributed by atoms with E-state index in [1.165, 1.54) is 0 Å². The van der Waals surface area contributed by atoms with Gasteiger partial charge in [-0.05, 0) is 24.8 Å². The summed E-state index contributed by atoms with van der Waals surface area (Å²) in [5.41, 5.74) is 0.884. The fourth-order valence-electron chi connectivity index (χ4n) is 2.40. The van der Waals surface area contributed by atoms with Crippen molar-refractivity contribution < 1.29 is 22.7 Å². The molecule has 0 aliphatic carbocycles. The molecule has 1 heterocycles. The van der Waals surface area contributed by atoms with Gasteiger partial charge in [0.2, 0.25) is 5.78 Å². The lowest BCUT2D eigenvalue weighted by atomic mass is 9.86. The van der Waals surface area contributed by atoms with Gasteiger partial charge in [-0.25, -0.2) is 0 Å². The van der Waals surface area contributed by atoms with Gasteiger partial charge in [-0.2, -0.15) is 13.2 Å². The maximum Gasteiger partial charge on any atom is 0.450 e. The number of rotatable bonds is 3. The number of carbonyl (C=O) groups excluding carboxylic acids is 1. The standard InChI is InChI=1S/C14H15F3O2/c15-14(16,17)13(18)11-7-4-8-19-12(11)9-10-5-2-1-3-6-10/h1-3,5-6,11-12H,4,7-9H2/t11-,12-/m1/s1. The minimum atomic E-state index is -4.78. The molecule has 1 aromatic rings. The third-order valence-electron chi connectivity index (χ3n) is 3.34. The molecule has 0 aromatic heterocycles. The summed E-state index contributed by atoms with van der Waals surface area (Å²) in [7, 11) is 0. The summed E-state index contributed by atoms with van der Waals surface area (Å²) in [5, 5.41) is 0. The topological polar surface area (TPSA) is 26.3 Å². The smallest absolute Gasteiger partial charge is 0.377 e. The van der Waals surface area contributed by atoms with Crippen LogP contribution in [0.5, 0.6) is 0 Å². The number of ether oxygens (including phenoxy) is 1. The second-order valence-corrected chi connectivity index (χ2v) is 4.71. The maximum atomic E-state index is 12.5. The summed E-state index contributed by atoms with van der Waals surface area (Å²) >= 11 is 0. The molecule has 0 unspecified atom stereocenters. The zero-order valence-corrected chi connectivity index (χ0v) is 10.3. The van der Waals surface area contributed by atoms with Crippen molar-refractivity contribution in [3.05, 3.63) is 35.9 Å². The van der Waals surface area contributed by atoms with Crippen molar-refractivity contribution in [2.75, 3.05) is 6.61 Å². The zero-order chi connectivity index (χ0) is 13.9. The van der Waals surface area contributed by atoms with Crippen LogP contribution in [0.4, 0.5) is 13.2 Å². The van der Waals surface area contributed by atoms with Gasteiger partial charge in [0.25, 0.3) is 0 Å². The Morgan fingerprint density at radius 1 is 1.26 bits per heavy atom. The summed E-state index contributed by atoms with van der Waals surface area (Å²) in [6.07, 6.45) is -4.37. The fourth-order valence-corrected chi connectivity index (χ4v) is 2.40. The Kier molecular flexibility index (Phi) is 4.24. The van der Waals surface area contributed by atoms with Crippen LogP contribution >= 0.6 is 0 Å². The highest BCUT2D eigenvalue weighted by Crippen LogP contribution is 2.31. The molecule has 1 fully saturated rings. The predicted molar refractivity (Wildman–Crippen MR) is 63.7 cm³/mol. The average molecular weight is 272 g/mol. The first-order valence-corrected chi connectivity index (χ1v) is 6.25. The number of hydrogen-bond donors (Lipinski definition) is 0. The highest BCUT2D eigenvalue weighted by molar-refractivity contribution is 5.86. The minimum Gasteiger partial charge on any atom is -0.377 e. The summed E-state index contributed by atoms with van der Waals surface area (Å²) in [4.78, 5) is 11.4. The molecule has 19 heavy (non-hydrogen) atoms. The van der Waals surface area contributed by atoms with Crippen LogP contribution in [0.3, 0.4) is 0 Å². The second kappa shape index (κ2) is 5.74. The molecule has 0 bridgehead atoms. The van der Waals surface area contributed by atoms with Crippen LogP contribution in [0.1, 0.15) is 18.4 Å². The van der Waals surface area contributed by atoms with Crippen LogP contribution in [-0.2, 0) is 16.0 Å². The zero-order valence-electron chi connectivity index (χ0n) is 10.3. The van der Waals surface area contributed by atoms with Gasteiger partial charge in [0, 0.05) is 6.61 Å². The van der Waals surface area contributed by atoms with Gasteiger partial charge in [0.1, 0.15) is 0 Å². The van der Waals surface area contributed by atoms with E-state index in [0.717, 1.165) is 5.56 Å². The summed E-state index contributed by atoms with van der Waals surface area (Å²) < 4.78 is 43.0. The number of halogens is 3. The molecule has 0 spiro atoms. The summed E-state index contributed by atoms with van der Waals surface area (Å²) in [5.74, 6) is -2.73. The van der Waals surface area contributed by atoms with Gasteiger partial charge >= 0.3 is 6.18 Å². The normalized spacial score (nSPS) is 24.2. The van der Waals surface area contributed by atoms with E-state index in [9.17, 15) is 18.0 Å². The Balaban J connectivity index is 2.10. The Morgan fingerprint density at radius 2 is 1.95 bits per heavy atom. The molecule has 0 radical (unpaired) electrons. The lowest BCUT2D eigenvalue weighted by molar-refractivity contribution is -0.183. The predicted octanol–water partition coefficient (Wildman–Crippen LogP) is 3.16. The first-order chi connectivity index (χ1) is 8.98. The van der Waals surface area contributed by atoms with E-state index in [1.54, 1.807) is 0 Å². The maximum absolute atomic E-state index is 12.5. The van der Waals surface area contributed by atoms with Crippen LogP contribution in [0, 0.1) is 5.92 Å². The number of carbonyl (C=O) groups is 1. The molecule has 0 amide bonds. The minimum absolute atomic E-state index is 0.246. The molecule has 1 saturated heterocycles. The third kappa shape index (κ3) is 3.56. The molecule has 0 N–H and O–H groups in total. The van der Waals surface area contributed by atoms with E-state index in [1.807, 2.05) is 30.3 Å². The van der Waals surface area contributed by atoms with Crippen molar-refractivity contribution in [2.45, 2.75) is 31.5 Å². The number of hydrogen-bond acceptors (Lipinski definition) is 2. The van der Waals surface area contributed by atoms with Crippen molar-refractivity contribution in [1.29, 1.82) is 0 Å². The van der Waals surface area contributed by atoms with E-state index in [4.69, 9.17) is 4.74 Å². The highest BCUT2D eigenvalue weighted by Gasteiger charge is 2.46. The molecule has 104 valence electrons. The van der Waals surface area contributed by atoms with E-state index in [0.29, 0.717) is 19.4 Å². The van der Waals surface area contributed by atoms with Crippen LogP contribution in [0.2, 0.25) is 0 Å². The molecule has 1 aromatic carbocycles. The van der Waals surface area contributed by atoms with E-state index in [2.05, 4.69) is 0 Å². The molecular formula is C14H15F3O2. The van der Waals surface area contributed by atoms with Crippen LogP contribution in [0.25, 0.3) is 0 Å². The number of benzene rings is 1. The highest BCUT2D eigenvalue weighted by atomic mass is 19.4. The molecule has 2 atom stereocenters. The lowest BCUT2D eigenvalue weighted by Crippen LogP contribution is -2.42. The van der Waals surface area contributed by atoms with Crippen LogP contribution in [0.15, 0.2) is 30.3 Å². The molecule has 1 aliphatic rings. The fraction of sp³-hybridized carbons (Fsp3) is 0.500. The number of Topliss-reactive ketones (excluding diaryl/α,β-unsaturated/α-hetero) is 1.